The van der Waals surface area contributed by atoms with Crippen LogP contribution in [0.3, 0.4) is 0 Å². The quantitative estimate of drug-likeness (QED) is 0.0942. The first kappa shape index (κ1) is 47.2. The molecule has 7 heterocycles. The van der Waals surface area contributed by atoms with E-state index in [1.54, 1.807) is 0 Å². The highest BCUT2D eigenvalue weighted by Crippen LogP contribution is 2.48. The van der Waals surface area contributed by atoms with Crippen molar-refractivity contribution in [2.45, 2.75) is 107 Å². The number of carbonyl (C=O) groups is 4. The van der Waals surface area contributed by atoms with Crippen LogP contribution < -0.4 is 15.5 Å². The van der Waals surface area contributed by atoms with Crippen LogP contribution in [-0.2, 0) is 28.5 Å². The number of allylic oxidation sites excluding steroid dienone is 1. The number of fused-ring (bicyclic) bond motifs is 2. The molecule has 0 radical (unpaired) electrons. The van der Waals surface area contributed by atoms with Crippen LogP contribution >= 0.6 is 0 Å². The number of carbonyl (C=O) groups excluding carboxylic acids is 4. The standard InChI is InChI=1S/C53H65N9O8/c1-31(2)32-9-13-37(14-10-32)62-42(35-11-15-38-40(29-35)56-48(54-38)44-7-5-23-60(44)50(63)46(58-52(65)67-3)33-19-25-69-26-20-33)17-18-43(62)36-12-16-39-41(30-36)57-49(55-39)45-8-6-24-61(45)51(64)47(59-53(66)68-4)34-21-27-70-28-22-34/h9-16,29-30,33-34,42-47H,1,5-8,17-28H2,2-4H3,(H,54,56)(H,55,57)(H,58,65)(H,59,66)/t42-,43-,44+,45+,46+,47+/m1/s1. The second-order valence-electron chi connectivity index (χ2n) is 19.6. The van der Waals surface area contributed by atoms with E-state index in [2.05, 4.69) is 92.7 Å². The smallest absolute Gasteiger partial charge is 0.407 e. The van der Waals surface area contributed by atoms with Crippen LogP contribution in [0.4, 0.5) is 15.3 Å². The number of amides is 4. The largest absolute Gasteiger partial charge is 0.453 e. The van der Waals surface area contributed by atoms with Gasteiger partial charge in [0.2, 0.25) is 11.8 Å². The first-order valence-electron chi connectivity index (χ1n) is 25.1. The van der Waals surface area contributed by atoms with E-state index in [0.717, 1.165) is 100 Å². The van der Waals surface area contributed by atoms with Crippen molar-refractivity contribution < 1.29 is 38.1 Å². The molecule has 0 aliphatic carbocycles. The van der Waals surface area contributed by atoms with Gasteiger partial charge in [0, 0.05) is 45.2 Å². The van der Waals surface area contributed by atoms with E-state index < -0.39 is 24.3 Å². The molecule has 5 aliphatic heterocycles. The Balaban J connectivity index is 0.918. The number of methoxy groups -OCH3 is 2. The van der Waals surface area contributed by atoms with E-state index in [1.807, 2.05) is 16.7 Å². The zero-order valence-electron chi connectivity index (χ0n) is 40.4. The van der Waals surface area contributed by atoms with Crippen molar-refractivity contribution >= 4 is 57.3 Å². The van der Waals surface area contributed by atoms with Crippen molar-refractivity contribution in [1.82, 2.24) is 40.4 Å². The molecule has 5 fully saturated rings. The molecule has 5 aromatic rings. The molecule has 2 aromatic heterocycles. The molecular formula is C53H65N9O8. The van der Waals surface area contributed by atoms with E-state index in [1.165, 1.54) is 14.2 Å². The minimum absolute atomic E-state index is 0.0326. The fourth-order valence-corrected chi connectivity index (χ4v) is 11.8. The monoisotopic (exact) mass is 955 g/mol. The molecular weight excluding hydrogens is 891 g/mol. The Morgan fingerprint density at radius 3 is 1.49 bits per heavy atom. The van der Waals surface area contributed by atoms with Gasteiger partial charge in [-0.25, -0.2) is 19.6 Å². The van der Waals surface area contributed by atoms with Gasteiger partial charge in [0.15, 0.2) is 0 Å². The van der Waals surface area contributed by atoms with Crippen molar-refractivity contribution in [3.05, 3.63) is 95.6 Å². The number of nitrogens with zero attached hydrogens (tertiary/aromatic N) is 5. The molecule has 17 nitrogen and oxygen atoms in total. The third-order valence-corrected chi connectivity index (χ3v) is 15.5. The molecule has 5 saturated heterocycles. The lowest BCUT2D eigenvalue weighted by Gasteiger charge is -2.34. The van der Waals surface area contributed by atoms with E-state index in [4.69, 9.17) is 28.9 Å². The number of likely N-dealkylation sites (tertiary alicyclic amines) is 2. The maximum Gasteiger partial charge on any atom is 0.407 e. The average molecular weight is 956 g/mol. The van der Waals surface area contributed by atoms with E-state index in [0.29, 0.717) is 65.2 Å². The third kappa shape index (κ3) is 9.44. The van der Waals surface area contributed by atoms with Gasteiger partial charge in [0.1, 0.15) is 23.7 Å². The van der Waals surface area contributed by atoms with Crippen LogP contribution in [0.15, 0.2) is 67.2 Å². The summed E-state index contributed by atoms with van der Waals surface area (Å²) < 4.78 is 21.0. The lowest BCUT2D eigenvalue weighted by molar-refractivity contribution is -0.137. The summed E-state index contributed by atoms with van der Waals surface area (Å²) in [7, 11) is 2.63. The Bertz CT molecular complexity index is 2570. The highest BCUT2D eigenvalue weighted by atomic mass is 16.5. The Morgan fingerprint density at radius 2 is 1.07 bits per heavy atom. The van der Waals surface area contributed by atoms with E-state index in [9.17, 15) is 19.2 Å². The molecule has 0 unspecified atom stereocenters. The van der Waals surface area contributed by atoms with Gasteiger partial charge in [-0.15, -0.1) is 0 Å². The lowest BCUT2D eigenvalue weighted by Crippen LogP contribution is -2.53. The zero-order valence-corrected chi connectivity index (χ0v) is 40.4. The number of benzene rings is 3. The normalized spacial score (nSPS) is 23.2. The molecule has 3 aromatic carbocycles. The third-order valence-electron chi connectivity index (χ3n) is 15.5. The second-order valence-corrected chi connectivity index (χ2v) is 19.6. The van der Waals surface area contributed by atoms with Gasteiger partial charge in [-0.1, -0.05) is 36.4 Å². The maximum atomic E-state index is 14.3. The molecule has 10 rings (SSSR count). The van der Waals surface area contributed by atoms with E-state index in [-0.39, 0.29) is 47.8 Å². The van der Waals surface area contributed by atoms with Crippen molar-refractivity contribution in [2.24, 2.45) is 11.8 Å². The number of nitrogens with one attached hydrogen (secondary N) is 4. The van der Waals surface area contributed by atoms with Crippen molar-refractivity contribution in [3.63, 3.8) is 0 Å². The van der Waals surface area contributed by atoms with Gasteiger partial charge in [-0.05, 0) is 136 Å². The Labute approximate surface area is 408 Å². The van der Waals surface area contributed by atoms with Gasteiger partial charge in [-0.3, -0.25) is 9.59 Å². The topological polar surface area (TPSA) is 196 Å². The molecule has 5 aliphatic rings. The molecule has 4 amide bonds. The number of H-pyrrole nitrogens is 2. The lowest BCUT2D eigenvalue weighted by atomic mass is 9.90. The number of rotatable bonds is 12. The SMILES string of the molecule is C=C(C)c1ccc(N2[C@@H](c3ccc4[nH]c([C@@H]5CCCN5C(=O)[C@@H](NC(=O)OC)C5CCOCC5)nc4c3)CC[C@@H]2c2ccc3[nH]c([C@@H]4CCCN4C(=O)[C@@H](NC(=O)OC)C4CCOCC4)nc3c2)cc1. The van der Waals surface area contributed by atoms with Gasteiger partial charge in [0.05, 0.1) is 60.5 Å². The minimum Gasteiger partial charge on any atom is -0.453 e. The molecule has 4 N–H and O–H groups in total. The molecule has 0 bridgehead atoms. The fraction of sp³-hybridized carbons (Fsp3) is 0.509. The molecule has 17 heteroatoms. The van der Waals surface area contributed by atoms with Crippen molar-refractivity contribution in [2.75, 3.05) is 58.6 Å². The van der Waals surface area contributed by atoms with Gasteiger partial charge >= 0.3 is 12.2 Å². The summed E-state index contributed by atoms with van der Waals surface area (Å²) in [6.07, 6.45) is 6.49. The fourth-order valence-electron chi connectivity index (χ4n) is 11.8. The van der Waals surface area contributed by atoms with Gasteiger partial charge in [0.25, 0.3) is 0 Å². The summed E-state index contributed by atoms with van der Waals surface area (Å²) in [6.45, 7) is 9.56. The summed E-state index contributed by atoms with van der Waals surface area (Å²) in [5, 5.41) is 5.71. The van der Waals surface area contributed by atoms with Crippen LogP contribution in [0.25, 0.3) is 27.6 Å². The summed E-state index contributed by atoms with van der Waals surface area (Å²) in [4.78, 5) is 77.3. The maximum absolute atomic E-state index is 14.3. The summed E-state index contributed by atoms with van der Waals surface area (Å²) >= 11 is 0. The Morgan fingerprint density at radius 1 is 0.629 bits per heavy atom. The Kier molecular flexibility index (Phi) is 13.8. The second kappa shape index (κ2) is 20.5. The van der Waals surface area contributed by atoms with E-state index >= 15 is 0 Å². The number of hydrogen-bond donors (Lipinski definition) is 4. The van der Waals surface area contributed by atoms with Gasteiger partial charge in [-0.2, -0.15) is 0 Å². The van der Waals surface area contributed by atoms with Crippen LogP contribution in [0, 0.1) is 11.8 Å². The van der Waals surface area contributed by atoms with Crippen molar-refractivity contribution in [1.29, 1.82) is 0 Å². The number of imidazole rings is 2. The molecule has 0 spiro atoms. The highest BCUT2D eigenvalue weighted by Gasteiger charge is 2.43. The predicted octanol–water partition coefficient (Wildman–Crippen LogP) is 8.18. The van der Waals surface area contributed by atoms with Crippen LogP contribution in [-0.4, -0.2) is 120 Å². The van der Waals surface area contributed by atoms with Crippen LogP contribution in [0.1, 0.15) is 124 Å². The van der Waals surface area contributed by atoms with Gasteiger partial charge < -0.3 is 54.2 Å². The molecule has 6 atom stereocenters. The van der Waals surface area contributed by atoms with Crippen molar-refractivity contribution in [3.8, 4) is 0 Å². The zero-order chi connectivity index (χ0) is 48.5. The van der Waals surface area contributed by atoms with Crippen LogP contribution in [0.2, 0.25) is 0 Å². The predicted molar refractivity (Wildman–Crippen MR) is 264 cm³/mol. The highest BCUT2D eigenvalue weighted by molar-refractivity contribution is 5.88. The number of aromatic amines is 2. The number of anilines is 1. The summed E-state index contributed by atoms with van der Waals surface area (Å²) in [5.74, 6) is 1.16. The average Bonchev–Trinajstić information content (AvgIpc) is 4.26. The molecule has 70 heavy (non-hydrogen) atoms. The summed E-state index contributed by atoms with van der Waals surface area (Å²) in [5.41, 5.74) is 8.97. The number of alkyl carbamates (subject to hydrolysis) is 2. The first-order valence-corrected chi connectivity index (χ1v) is 25.1. The summed E-state index contributed by atoms with van der Waals surface area (Å²) in [6, 6.07) is 19.8. The van der Waals surface area contributed by atoms with Crippen LogP contribution in [0.5, 0.6) is 0 Å². The molecule has 0 saturated carbocycles. The molecule has 370 valence electrons. The Hall–Kier alpha value is -6.46. The number of aromatic nitrogens is 4. The number of ether oxygens (including phenoxy) is 4. The number of hydrogen-bond acceptors (Lipinski definition) is 11. The first-order chi connectivity index (χ1) is 34.1. The minimum atomic E-state index is -0.707.